The van der Waals surface area contributed by atoms with E-state index in [2.05, 4.69) is 15.9 Å². The Balaban J connectivity index is 2.08. The molecule has 3 aromatic rings. The lowest BCUT2D eigenvalue weighted by atomic mass is 10.0. The molecule has 0 bridgehead atoms. The molecule has 0 fully saturated rings. The Bertz CT molecular complexity index is 800. The van der Waals surface area contributed by atoms with Gasteiger partial charge in [-0.3, -0.25) is 0 Å². The van der Waals surface area contributed by atoms with Crippen molar-refractivity contribution in [1.29, 1.82) is 0 Å². The number of hydrogen-bond acceptors (Lipinski definition) is 3. The minimum atomic E-state index is -0.817. The lowest BCUT2D eigenvalue weighted by Crippen LogP contribution is -2.00. The normalized spacial score (nSPS) is 12.6. The molecule has 0 radical (unpaired) electrons. The lowest BCUT2D eigenvalue weighted by molar-refractivity contribution is 0.221. The molecule has 108 valence electrons. The van der Waals surface area contributed by atoms with Crippen LogP contribution in [0.1, 0.15) is 17.2 Å². The fourth-order valence-electron chi connectivity index (χ4n) is 2.28. The molecule has 1 heterocycles. The van der Waals surface area contributed by atoms with Crippen molar-refractivity contribution in [1.82, 2.24) is 0 Å². The van der Waals surface area contributed by atoms with Crippen LogP contribution in [0.25, 0.3) is 10.1 Å². The van der Waals surface area contributed by atoms with E-state index in [0.717, 1.165) is 20.1 Å². The second-order valence-corrected chi connectivity index (χ2v) is 6.34. The highest BCUT2D eigenvalue weighted by atomic mass is 79.9. The van der Waals surface area contributed by atoms with Crippen molar-refractivity contribution in [3.63, 3.8) is 0 Å². The number of rotatable bonds is 3. The maximum absolute atomic E-state index is 13.5. The topological polar surface area (TPSA) is 29.5 Å². The van der Waals surface area contributed by atoms with Crippen LogP contribution in [0.2, 0.25) is 0 Å². The molecule has 0 amide bonds. The molecule has 0 aliphatic heterocycles. The summed E-state index contributed by atoms with van der Waals surface area (Å²) in [5.74, 6) is -0.307. The molecule has 0 saturated heterocycles. The van der Waals surface area contributed by atoms with E-state index in [-0.39, 0.29) is 5.75 Å². The number of ether oxygens (including phenoxy) is 1. The number of methoxy groups -OCH3 is 1. The average Bonchev–Trinajstić information content (AvgIpc) is 2.92. The Morgan fingerprint density at radius 1 is 1.29 bits per heavy atom. The molecule has 2 aromatic carbocycles. The van der Waals surface area contributed by atoms with Gasteiger partial charge in [0.05, 0.1) is 7.11 Å². The molecule has 1 atom stereocenters. The summed E-state index contributed by atoms with van der Waals surface area (Å²) in [6.07, 6.45) is -0.817. The highest BCUT2D eigenvalue weighted by Crippen LogP contribution is 2.37. The number of halogens is 2. The van der Waals surface area contributed by atoms with E-state index in [0.29, 0.717) is 5.56 Å². The van der Waals surface area contributed by atoms with E-state index in [4.69, 9.17) is 4.74 Å². The predicted molar refractivity (Wildman–Crippen MR) is 86.5 cm³/mol. The van der Waals surface area contributed by atoms with Crippen molar-refractivity contribution in [3.8, 4) is 5.75 Å². The van der Waals surface area contributed by atoms with Crippen molar-refractivity contribution in [2.75, 3.05) is 7.11 Å². The first kappa shape index (κ1) is 14.5. The van der Waals surface area contributed by atoms with Crippen LogP contribution < -0.4 is 4.74 Å². The molecule has 21 heavy (non-hydrogen) atoms. The summed E-state index contributed by atoms with van der Waals surface area (Å²) in [6, 6.07) is 10.3. The zero-order chi connectivity index (χ0) is 15.0. The molecule has 0 aliphatic carbocycles. The Hall–Kier alpha value is -1.43. The van der Waals surface area contributed by atoms with Gasteiger partial charge in [0.25, 0.3) is 0 Å². The largest absolute Gasteiger partial charge is 0.494 e. The molecule has 0 spiro atoms. The molecule has 1 unspecified atom stereocenters. The van der Waals surface area contributed by atoms with Gasteiger partial charge in [-0.1, -0.05) is 18.2 Å². The summed E-state index contributed by atoms with van der Waals surface area (Å²) >= 11 is 5.07. The Morgan fingerprint density at radius 3 is 2.86 bits per heavy atom. The number of aliphatic hydroxyl groups is 1. The lowest BCUT2D eigenvalue weighted by Gasteiger charge is -2.12. The summed E-state index contributed by atoms with van der Waals surface area (Å²) < 4.78 is 20.5. The van der Waals surface area contributed by atoms with Crippen LogP contribution in [-0.2, 0) is 0 Å². The van der Waals surface area contributed by atoms with Gasteiger partial charge in [-0.25, -0.2) is 4.39 Å². The first-order chi connectivity index (χ1) is 10.1. The van der Waals surface area contributed by atoms with E-state index >= 15 is 0 Å². The smallest absolute Gasteiger partial charge is 0.165 e. The second-order valence-electron chi connectivity index (χ2n) is 4.60. The van der Waals surface area contributed by atoms with Gasteiger partial charge < -0.3 is 9.84 Å². The molecule has 1 aromatic heterocycles. The third kappa shape index (κ3) is 2.57. The predicted octanol–water partition coefficient (Wildman–Crippen LogP) is 4.89. The van der Waals surface area contributed by atoms with Crippen LogP contribution in [-0.4, -0.2) is 12.2 Å². The first-order valence-corrected chi connectivity index (χ1v) is 7.96. The summed E-state index contributed by atoms with van der Waals surface area (Å²) in [7, 11) is 1.41. The number of hydrogen-bond donors (Lipinski definition) is 1. The summed E-state index contributed by atoms with van der Waals surface area (Å²) in [5.41, 5.74) is 1.41. The van der Waals surface area contributed by atoms with Crippen molar-refractivity contribution >= 4 is 37.4 Å². The Kier molecular flexibility index (Phi) is 3.97. The molecule has 0 aliphatic rings. The van der Waals surface area contributed by atoms with Gasteiger partial charge in [0.2, 0.25) is 0 Å². The zero-order valence-electron chi connectivity index (χ0n) is 11.1. The van der Waals surface area contributed by atoms with Crippen LogP contribution in [0, 0.1) is 5.82 Å². The van der Waals surface area contributed by atoms with Crippen LogP contribution >= 0.6 is 27.3 Å². The minimum absolute atomic E-state index is 0.132. The standard InChI is InChI=1S/C16H12BrFO2S/c1-20-14-7-9(5-6-13(14)18)15(19)11-8-21-16-10(11)3-2-4-12(16)17/h2-8,15,19H,1H3. The maximum Gasteiger partial charge on any atom is 0.165 e. The van der Waals surface area contributed by atoms with Crippen molar-refractivity contribution in [2.24, 2.45) is 0 Å². The monoisotopic (exact) mass is 366 g/mol. The van der Waals surface area contributed by atoms with E-state index in [1.807, 2.05) is 23.6 Å². The third-order valence-electron chi connectivity index (χ3n) is 3.37. The van der Waals surface area contributed by atoms with E-state index in [1.54, 1.807) is 17.4 Å². The Labute approximate surface area is 133 Å². The van der Waals surface area contributed by atoms with E-state index < -0.39 is 11.9 Å². The SMILES string of the molecule is COc1cc(C(O)c2csc3c(Br)cccc23)ccc1F. The van der Waals surface area contributed by atoms with Crippen LogP contribution in [0.3, 0.4) is 0 Å². The molecular weight excluding hydrogens is 355 g/mol. The Morgan fingerprint density at radius 2 is 2.10 bits per heavy atom. The second kappa shape index (κ2) is 5.75. The van der Waals surface area contributed by atoms with Crippen LogP contribution in [0.4, 0.5) is 4.39 Å². The van der Waals surface area contributed by atoms with E-state index in [9.17, 15) is 9.50 Å². The summed E-state index contributed by atoms with van der Waals surface area (Å²) in [6.45, 7) is 0. The molecule has 0 saturated carbocycles. The zero-order valence-corrected chi connectivity index (χ0v) is 13.5. The number of fused-ring (bicyclic) bond motifs is 1. The van der Waals surface area contributed by atoms with Gasteiger partial charge in [0.15, 0.2) is 11.6 Å². The maximum atomic E-state index is 13.5. The van der Waals surface area contributed by atoms with Gasteiger partial charge >= 0.3 is 0 Å². The highest BCUT2D eigenvalue weighted by Gasteiger charge is 2.17. The van der Waals surface area contributed by atoms with Crippen molar-refractivity contribution in [3.05, 3.63) is 63.2 Å². The summed E-state index contributed by atoms with van der Waals surface area (Å²) in [5, 5.41) is 13.5. The number of benzene rings is 2. The average molecular weight is 367 g/mol. The van der Waals surface area contributed by atoms with Gasteiger partial charge in [-0.05, 0) is 50.5 Å². The number of aliphatic hydroxyl groups excluding tert-OH is 1. The van der Waals surface area contributed by atoms with Gasteiger partial charge in [0, 0.05) is 14.7 Å². The van der Waals surface area contributed by atoms with Crippen LogP contribution in [0.15, 0.2) is 46.3 Å². The highest BCUT2D eigenvalue weighted by molar-refractivity contribution is 9.10. The van der Waals surface area contributed by atoms with Crippen LogP contribution in [0.5, 0.6) is 5.75 Å². The van der Waals surface area contributed by atoms with Crippen molar-refractivity contribution < 1.29 is 14.2 Å². The van der Waals surface area contributed by atoms with Gasteiger partial charge in [-0.2, -0.15) is 0 Å². The molecule has 1 N–H and O–H groups in total. The quantitative estimate of drug-likeness (QED) is 0.714. The summed E-state index contributed by atoms with van der Waals surface area (Å²) in [4.78, 5) is 0. The first-order valence-electron chi connectivity index (χ1n) is 6.29. The fourth-order valence-corrected chi connectivity index (χ4v) is 3.92. The molecule has 2 nitrogen and oxygen atoms in total. The van der Waals surface area contributed by atoms with Crippen molar-refractivity contribution in [2.45, 2.75) is 6.10 Å². The molecule has 5 heteroatoms. The third-order valence-corrected chi connectivity index (χ3v) is 5.34. The molecule has 3 rings (SSSR count). The minimum Gasteiger partial charge on any atom is -0.494 e. The molecular formula is C16H12BrFO2S. The van der Waals surface area contributed by atoms with Gasteiger partial charge in [0.1, 0.15) is 6.10 Å². The van der Waals surface area contributed by atoms with E-state index in [1.165, 1.54) is 19.2 Å². The van der Waals surface area contributed by atoms with Gasteiger partial charge in [-0.15, -0.1) is 11.3 Å². The number of thiophene rings is 1. The fraction of sp³-hybridized carbons (Fsp3) is 0.125.